The standard InChI is InChI=1S/C38H47N9O3/c1-5-47(31-10-11-33(39)32(21-31)36(40)29-12-16-43-34(20-29)50-25(2)3)38(49)30-13-17-45(22-30)23-35(48)46-18-14-27(15-19-46)26-6-8-28(9-7-26)37(41)44-24-42-4/h6-12,14,16,20-21,24-25,30,40H,5,13,15,17-19,22-23,39H2,1-4H3,(H2,41,42,44)/t30-/m1/s1. The second-order valence-corrected chi connectivity index (χ2v) is 12.8. The Morgan fingerprint density at radius 2 is 1.90 bits per heavy atom. The smallest absolute Gasteiger partial charge is 0.237 e. The number of ether oxygens (including phenoxy) is 1. The number of benzene rings is 2. The van der Waals surface area contributed by atoms with E-state index in [0.717, 1.165) is 17.5 Å². The molecule has 2 aliphatic heterocycles. The molecule has 0 bridgehead atoms. The minimum atomic E-state index is -0.233. The first-order valence-corrected chi connectivity index (χ1v) is 17.0. The molecule has 1 aromatic heterocycles. The lowest BCUT2D eigenvalue weighted by atomic mass is 9.98. The van der Waals surface area contributed by atoms with Crippen molar-refractivity contribution < 1.29 is 14.3 Å². The number of nitrogens with one attached hydrogen (secondary N) is 1. The summed E-state index contributed by atoms with van der Waals surface area (Å²) < 4.78 is 5.71. The van der Waals surface area contributed by atoms with Gasteiger partial charge in [-0.2, -0.15) is 0 Å². The summed E-state index contributed by atoms with van der Waals surface area (Å²) >= 11 is 0. The Hall–Kier alpha value is -5.36. The van der Waals surface area contributed by atoms with E-state index in [0.29, 0.717) is 73.4 Å². The number of amidine groups is 1. The van der Waals surface area contributed by atoms with Crippen molar-refractivity contribution in [2.24, 2.45) is 21.6 Å². The van der Waals surface area contributed by atoms with Gasteiger partial charge in [0.2, 0.25) is 17.7 Å². The highest BCUT2D eigenvalue weighted by Gasteiger charge is 2.33. The molecule has 0 aliphatic carbocycles. The molecule has 5 rings (SSSR count). The largest absolute Gasteiger partial charge is 0.475 e. The Bertz CT molecular complexity index is 1800. The number of aromatic nitrogens is 1. The lowest BCUT2D eigenvalue weighted by Gasteiger charge is -2.29. The van der Waals surface area contributed by atoms with Gasteiger partial charge in [-0.1, -0.05) is 30.3 Å². The monoisotopic (exact) mass is 677 g/mol. The summed E-state index contributed by atoms with van der Waals surface area (Å²) in [5, 5.41) is 8.91. The van der Waals surface area contributed by atoms with Crippen LogP contribution in [0.3, 0.4) is 0 Å². The first-order chi connectivity index (χ1) is 24.1. The van der Waals surface area contributed by atoms with Crippen molar-refractivity contribution in [3.05, 3.63) is 89.1 Å². The zero-order valence-electron chi connectivity index (χ0n) is 29.3. The Morgan fingerprint density at radius 1 is 1.12 bits per heavy atom. The summed E-state index contributed by atoms with van der Waals surface area (Å²) in [6, 6.07) is 16.8. The van der Waals surface area contributed by atoms with E-state index in [9.17, 15) is 9.59 Å². The molecular formula is C38H47N9O3. The third-order valence-corrected chi connectivity index (χ3v) is 8.99. The van der Waals surface area contributed by atoms with Crippen LogP contribution in [0.2, 0.25) is 0 Å². The van der Waals surface area contributed by atoms with Crippen molar-refractivity contribution in [2.45, 2.75) is 39.7 Å². The highest BCUT2D eigenvalue weighted by Crippen LogP contribution is 2.28. The van der Waals surface area contributed by atoms with E-state index < -0.39 is 0 Å². The van der Waals surface area contributed by atoms with Crippen LogP contribution in [-0.4, -0.2) is 96.9 Å². The average molecular weight is 678 g/mol. The van der Waals surface area contributed by atoms with Crippen LogP contribution in [0.25, 0.3) is 5.57 Å². The average Bonchev–Trinajstić information content (AvgIpc) is 3.59. The van der Waals surface area contributed by atoms with Crippen molar-refractivity contribution >= 4 is 46.6 Å². The van der Waals surface area contributed by atoms with Gasteiger partial charge in [0, 0.05) is 73.6 Å². The van der Waals surface area contributed by atoms with E-state index in [4.69, 9.17) is 21.6 Å². The number of carbonyl (C=O) groups excluding carboxylic acids is 2. The first kappa shape index (κ1) is 35.9. The molecule has 1 atom stereocenters. The number of nitrogens with zero attached hydrogens (tertiary/aromatic N) is 6. The zero-order valence-corrected chi connectivity index (χ0v) is 29.3. The molecule has 2 aliphatic rings. The molecule has 3 aromatic rings. The number of aliphatic imine (C=N–C) groups is 2. The second-order valence-electron chi connectivity index (χ2n) is 12.8. The number of amides is 2. The summed E-state index contributed by atoms with van der Waals surface area (Å²) in [5.74, 6) is 0.685. The number of anilines is 2. The SMILES string of the molecule is CCN(C(=O)[C@@H]1CCN(CC(=O)N2CC=C(c3ccc(C(N)=NC=NC)cc3)CC2)C1)c1ccc(N)c(C(=N)c2ccnc(OC(C)C)c2)c1. The topological polar surface area (TPSA) is 167 Å². The number of hydrogen-bond acceptors (Lipinski definition) is 8. The van der Waals surface area contributed by atoms with Gasteiger partial charge in [-0.05, 0) is 75.6 Å². The number of nitrogens with two attached hydrogens (primary N) is 2. The quantitative estimate of drug-likeness (QED) is 0.147. The van der Waals surface area contributed by atoms with Gasteiger partial charge < -0.3 is 26.0 Å². The fourth-order valence-electron chi connectivity index (χ4n) is 6.32. The second kappa shape index (κ2) is 16.4. The van der Waals surface area contributed by atoms with Gasteiger partial charge in [0.15, 0.2) is 0 Å². The molecule has 1 saturated heterocycles. The molecule has 5 N–H and O–H groups in total. The molecule has 3 heterocycles. The minimum absolute atomic E-state index is 0.00400. The van der Waals surface area contributed by atoms with E-state index in [1.807, 2.05) is 56.0 Å². The Labute approximate surface area is 294 Å². The predicted molar refractivity (Wildman–Crippen MR) is 200 cm³/mol. The maximum atomic E-state index is 13.8. The van der Waals surface area contributed by atoms with Crippen LogP contribution in [0.1, 0.15) is 55.9 Å². The lowest BCUT2D eigenvalue weighted by Crippen LogP contribution is -2.42. The maximum Gasteiger partial charge on any atom is 0.237 e. The molecule has 0 radical (unpaired) electrons. The third kappa shape index (κ3) is 8.61. The fraction of sp³-hybridized carbons (Fsp3) is 0.368. The molecule has 50 heavy (non-hydrogen) atoms. The Balaban J connectivity index is 1.17. The highest BCUT2D eigenvalue weighted by molar-refractivity contribution is 6.14. The van der Waals surface area contributed by atoms with Crippen LogP contribution in [0.15, 0.2) is 76.9 Å². The molecule has 0 spiro atoms. The summed E-state index contributed by atoms with van der Waals surface area (Å²) in [6.45, 7) is 8.91. The van der Waals surface area contributed by atoms with Crippen LogP contribution < -0.4 is 21.1 Å². The van der Waals surface area contributed by atoms with Gasteiger partial charge in [-0.15, -0.1) is 0 Å². The Morgan fingerprint density at radius 3 is 2.58 bits per heavy atom. The van der Waals surface area contributed by atoms with Crippen molar-refractivity contribution in [1.29, 1.82) is 5.41 Å². The van der Waals surface area contributed by atoms with Crippen molar-refractivity contribution in [2.75, 3.05) is 56.9 Å². The van der Waals surface area contributed by atoms with Crippen molar-refractivity contribution in [3.8, 4) is 5.88 Å². The molecule has 12 nitrogen and oxygen atoms in total. The molecule has 0 saturated carbocycles. The number of nitrogen functional groups attached to an aromatic ring is 1. The van der Waals surface area contributed by atoms with Crippen LogP contribution >= 0.6 is 0 Å². The molecule has 12 heteroatoms. The maximum absolute atomic E-state index is 13.8. The number of hydrogen-bond donors (Lipinski definition) is 3. The van der Waals surface area contributed by atoms with Gasteiger partial charge in [0.25, 0.3) is 0 Å². The predicted octanol–water partition coefficient (Wildman–Crippen LogP) is 4.22. The van der Waals surface area contributed by atoms with E-state index in [2.05, 4.69) is 25.9 Å². The summed E-state index contributed by atoms with van der Waals surface area (Å²) in [7, 11) is 1.64. The van der Waals surface area contributed by atoms with E-state index >= 15 is 0 Å². The van der Waals surface area contributed by atoms with Gasteiger partial charge in [0.1, 0.15) is 12.2 Å². The highest BCUT2D eigenvalue weighted by atomic mass is 16.5. The van der Waals surface area contributed by atoms with Crippen LogP contribution in [0, 0.1) is 11.3 Å². The lowest BCUT2D eigenvalue weighted by molar-refractivity contribution is -0.132. The van der Waals surface area contributed by atoms with E-state index in [-0.39, 0.29) is 36.1 Å². The number of pyridine rings is 1. The molecule has 0 unspecified atom stereocenters. The molecule has 2 aromatic carbocycles. The number of likely N-dealkylation sites (tertiary alicyclic amines) is 1. The molecular weight excluding hydrogens is 630 g/mol. The normalized spacial score (nSPS) is 16.9. The molecule has 1 fully saturated rings. The summed E-state index contributed by atoms with van der Waals surface area (Å²) in [4.78, 5) is 45.0. The van der Waals surface area contributed by atoms with Gasteiger partial charge in [-0.25, -0.2) is 9.98 Å². The molecule has 2 amide bonds. The minimum Gasteiger partial charge on any atom is -0.475 e. The van der Waals surface area contributed by atoms with Gasteiger partial charge in [0.05, 0.1) is 24.3 Å². The van der Waals surface area contributed by atoms with Crippen LogP contribution in [0.4, 0.5) is 11.4 Å². The summed E-state index contributed by atoms with van der Waals surface area (Å²) in [5.41, 5.74) is 18.0. The Kier molecular flexibility index (Phi) is 11.8. The molecule has 262 valence electrons. The van der Waals surface area contributed by atoms with Crippen molar-refractivity contribution in [1.82, 2.24) is 14.8 Å². The summed E-state index contributed by atoms with van der Waals surface area (Å²) in [6.07, 6.45) is 6.54. The van der Waals surface area contributed by atoms with Gasteiger partial charge >= 0.3 is 0 Å². The van der Waals surface area contributed by atoms with Crippen molar-refractivity contribution in [3.63, 3.8) is 0 Å². The number of rotatable bonds is 12. The zero-order chi connectivity index (χ0) is 35.8. The van der Waals surface area contributed by atoms with Crippen LogP contribution in [0.5, 0.6) is 5.88 Å². The van der Waals surface area contributed by atoms with Crippen LogP contribution in [-0.2, 0) is 9.59 Å². The number of carbonyl (C=O) groups is 2. The van der Waals surface area contributed by atoms with E-state index in [1.54, 1.807) is 42.4 Å². The first-order valence-electron chi connectivity index (χ1n) is 17.0. The third-order valence-electron chi connectivity index (χ3n) is 8.99. The van der Waals surface area contributed by atoms with Gasteiger partial charge in [-0.3, -0.25) is 24.9 Å². The fourth-order valence-corrected chi connectivity index (χ4v) is 6.32. The van der Waals surface area contributed by atoms with E-state index in [1.165, 1.54) is 11.9 Å².